The molecule has 1 aliphatic heterocycles. The van der Waals surface area contributed by atoms with Gasteiger partial charge in [0.15, 0.2) is 17.1 Å². The van der Waals surface area contributed by atoms with Gasteiger partial charge in [0.2, 0.25) is 0 Å². The van der Waals surface area contributed by atoms with E-state index in [1.54, 1.807) is 18.9 Å². The minimum absolute atomic E-state index is 0.204. The van der Waals surface area contributed by atoms with Gasteiger partial charge >= 0.3 is 6.09 Å². The van der Waals surface area contributed by atoms with Crippen molar-refractivity contribution < 1.29 is 28.5 Å². The van der Waals surface area contributed by atoms with Gasteiger partial charge in [0, 0.05) is 37.5 Å². The summed E-state index contributed by atoms with van der Waals surface area (Å²) in [5.74, 6) is 1.58. The second-order valence-corrected chi connectivity index (χ2v) is 11.5. The average molecular weight is 556 g/mol. The molecule has 0 radical (unpaired) electrons. The molecule has 2 bridgehead atoms. The van der Waals surface area contributed by atoms with Gasteiger partial charge in [0.05, 0.1) is 18.2 Å². The molecule has 1 saturated carbocycles. The Labute approximate surface area is 235 Å². The molecular formula is C31H38ClNO6. The molecule has 2 aromatic rings. The molecule has 5 rings (SSSR count). The van der Waals surface area contributed by atoms with E-state index in [2.05, 4.69) is 13.0 Å². The van der Waals surface area contributed by atoms with Crippen LogP contribution in [0.1, 0.15) is 69.1 Å². The van der Waals surface area contributed by atoms with Gasteiger partial charge in [0.1, 0.15) is 12.4 Å². The van der Waals surface area contributed by atoms with Crippen LogP contribution in [-0.2, 0) is 32.7 Å². The first kappa shape index (κ1) is 27.8. The molecule has 2 aromatic carbocycles. The van der Waals surface area contributed by atoms with Crippen LogP contribution in [0.2, 0.25) is 0 Å². The van der Waals surface area contributed by atoms with Gasteiger partial charge in [0.25, 0.3) is 0 Å². The number of methoxy groups -OCH3 is 1. The van der Waals surface area contributed by atoms with Crippen molar-refractivity contribution in [3.63, 3.8) is 0 Å². The van der Waals surface area contributed by atoms with Crippen molar-refractivity contribution in [3.05, 3.63) is 59.2 Å². The Morgan fingerprint density at radius 2 is 1.95 bits per heavy atom. The normalized spacial score (nSPS) is 26.3. The van der Waals surface area contributed by atoms with E-state index in [0.717, 1.165) is 29.5 Å². The number of amides is 1. The third-order valence-corrected chi connectivity index (χ3v) is 8.81. The quantitative estimate of drug-likeness (QED) is 0.272. The number of benzene rings is 2. The average Bonchev–Trinajstić information content (AvgIpc) is 2.92. The molecule has 0 N–H and O–H groups in total. The number of ketones is 1. The van der Waals surface area contributed by atoms with Crippen molar-refractivity contribution in [2.24, 2.45) is 0 Å². The third kappa shape index (κ3) is 4.89. The molecule has 4 atom stereocenters. The number of piperidine rings is 1. The standard InChI is InChI=1S/C31H38ClNO6/c1-4-5-17-37-28-25(38-20-22-9-7-6-8-10-22)12-11-23-18-26-31(36-3)14-13-24(34)19-30(31,27(23)28)15-16-33(26)29(35)39-21(2)32/h6-12,21,26H,4-5,13-20H2,1-3H3/t21?,26-,30-,31+/m0/s1. The van der Waals surface area contributed by atoms with E-state index in [-0.39, 0.29) is 11.8 Å². The summed E-state index contributed by atoms with van der Waals surface area (Å²) in [5, 5.41) is 0. The van der Waals surface area contributed by atoms with Crippen molar-refractivity contribution in [3.8, 4) is 11.5 Å². The number of Topliss-reactive ketones (excluding diaryl/α,β-unsaturated/α-hetero) is 1. The lowest BCUT2D eigenvalue weighted by Crippen LogP contribution is -2.74. The zero-order valence-corrected chi connectivity index (χ0v) is 23.8. The molecule has 0 aromatic heterocycles. The van der Waals surface area contributed by atoms with Gasteiger partial charge in [-0.1, -0.05) is 61.3 Å². The van der Waals surface area contributed by atoms with Crippen LogP contribution >= 0.6 is 11.6 Å². The van der Waals surface area contributed by atoms with Gasteiger partial charge in [-0.25, -0.2) is 4.79 Å². The number of rotatable bonds is 9. The molecule has 210 valence electrons. The zero-order valence-electron chi connectivity index (χ0n) is 23.0. The second-order valence-electron chi connectivity index (χ2n) is 10.9. The smallest absolute Gasteiger partial charge is 0.411 e. The lowest BCUT2D eigenvalue weighted by molar-refractivity contribution is -0.182. The van der Waals surface area contributed by atoms with Gasteiger partial charge in [-0.3, -0.25) is 4.79 Å². The van der Waals surface area contributed by atoms with Crippen LogP contribution in [0, 0.1) is 0 Å². The molecule has 2 fully saturated rings. The summed E-state index contributed by atoms with van der Waals surface area (Å²) in [4.78, 5) is 28.1. The summed E-state index contributed by atoms with van der Waals surface area (Å²) in [6.45, 7) is 5.16. The van der Waals surface area contributed by atoms with Crippen molar-refractivity contribution in [2.45, 2.75) is 88.0 Å². The zero-order chi connectivity index (χ0) is 27.6. The molecule has 7 nitrogen and oxygen atoms in total. The summed E-state index contributed by atoms with van der Waals surface area (Å²) in [5.41, 5.74) is 0.974. The number of alkyl halides is 1. The predicted molar refractivity (Wildman–Crippen MR) is 149 cm³/mol. The number of halogens is 1. The Balaban J connectivity index is 1.63. The van der Waals surface area contributed by atoms with Gasteiger partial charge in [-0.05, 0) is 49.8 Å². The summed E-state index contributed by atoms with van der Waals surface area (Å²) in [6, 6.07) is 13.8. The van der Waals surface area contributed by atoms with Gasteiger partial charge in [-0.2, -0.15) is 0 Å². The number of carbonyl (C=O) groups is 2. The molecule has 2 aliphatic carbocycles. The van der Waals surface area contributed by atoms with Crippen LogP contribution in [0.5, 0.6) is 11.5 Å². The highest BCUT2D eigenvalue weighted by atomic mass is 35.5. The van der Waals surface area contributed by atoms with Gasteiger partial charge < -0.3 is 23.8 Å². The molecule has 8 heteroatoms. The molecule has 1 amide bonds. The maximum atomic E-state index is 13.2. The minimum Gasteiger partial charge on any atom is -0.489 e. The van der Waals surface area contributed by atoms with E-state index in [9.17, 15) is 9.59 Å². The molecule has 39 heavy (non-hydrogen) atoms. The van der Waals surface area contributed by atoms with Crippen LogP contribution in [0.15, 0.2) is 42.5 Å². The first-order valence-electron chi connectivity index (χ1n) is 14.0. The Bertz CT molecular complexity index is 1200. The number of likely N-dealkylation sites (tertiary alicyclic amines) is 1. The van der Waals surface area contributed by atoms with E-state index in [1.807, 2.05) is 36.4 Å². The monoisotopic (exact) mass is 555 g/mol. The highest BCUT2D eigenvalue weighted by Crippen LogP contribution is 2.62. The summed E-state index contributed by atoms with van der Waals surface area (Å²) >= 11 is 6.03. The number of unbranched alkanes of at least 4 members (excludes halogenated alkanes) is 1. The van der Waals surface area contributed by atoms with Crippen molar-refractivity contribution >= 4 is 23.5 Å². The van der Waals surface area contributed by atoms with Crippen LogP contribution in [-0.4, -0.2) is 54.2 Å². The number of nitrogens with zero attached hydrogens (tertiary/aromatic N) is 1. The number of fused-ring (bicyclic) bond motifs is 1. The summed E-state index contributed by atoms with van der Waals surface area (Å²) in [6.07, 6.45) is 3.84. The van der Waals surface area contributed by atoms with Crippen molar-refractivity contribution in [2.75, 3.05) is 20.3 Å². The summed E-state index contributed by atoms with van der Waals surface area (Å²) < 4.78 is 24.8. The molecule has 1 heterocycles. The Morgan fingerprint density at radius 3 is 2.67 bits per heavy atom. The van der Waals surface area contributed by atoms with E-state index in [0.29, 0.717) is 63.4 Å². The lowest BCUT2D eigenvalue weighted by Gasteiger charge is -2.64. The van der Waals surface area contributed by atoms with Crippen LogP contribution in [0.25, 0.3) is 0 Å². The fourth-order valence-electron chi connectivity index (χ4n) is 7.02. The summed E-state index contributed by atoms with van der Waals surface area (Å²) in [7, 11) is 1.70. The predicted octanol–water partition coefficient (Wildman–Crippen LogP) is 6.17. The van der Waals surface area contributed by atoms with Crippen molar-refractivity contribution in [1.29, 1.82) is 0 Å². The number of carbonyl (C=O) groups excluding carboxylic acids is 2. The minimum atomic E-state index is -0.762. The largest absolute Gasteiger partial charge is 0.489 e. The van der Waals surface area contributed by atoms with Crippen LogP contribution in [0.4, 0.5) is 4.79 Å². The molecule has 1 saturated heterocycles. The maximum Gasteiger partial charge on any atom is 0.411 e. The number of hydrogen-bond acceptors (Lipinski definition) is 6. The first-order chi connectivity index (χ1) is 18.8. The van der Waals surface area contributed by atoms with E-state index in [4.69, 9.17) is 30.5 Å². The maximum absolute atomic E-state index is 13.2. The van der Waals surface area contributed by atoms with Gasteiger partial charge in [-0.15, -0.1) is 0 Å². The topological polar surface area (TPSA) is 74.3 Å². The lowest BCUT2D eigenvalue weighted by atomic mass is 9.49. The highest BCUT2D eigenvalue weighted by Gasteiger charge is 2.68. The molecule has 1 unspecified atom stereocenters. The highest BCUT2D eigenvalue weighted by molar-refractivity contribution is 6.19. The third-order valence-electron chi connectivity index (χ3n) is 8.72. The van der Waals surface area contributed by atoms with Crippen molar-refractivity contribution in [1.82, 2.24) is 4.90 Å². The second kappa shape index (κ2) is 11.4. The van der Waals surface area contributed by atoms with Crippen LogP contribution in [0.3, 0.4) is 0 Å². The van der Waals surface area contributed by atoms with Crippen LogP contribution < -0.4 is 9.47 Å². The first-order valence-corrected chi connectivity index (χ1v) is 14.4. The molecular weight excluding hydrogens is 518 g/mol. The Kier molecular flexibility index (Phi) is 8.11. The molecule has 0 spiro atoms. The fourth-order valence-corrected chi connectivity index (χ4v) is 7.10. The van der Waals surface area contributed by atoms with E-state index >= 15 is 0 Å². The molecule has 3 aliphatic rings. The van der Waals surface area contributed by atoms with E-state index < -0.39 is 22.7 Å². The SMILES string of the molecule is CCCCOc1c(OCc2ccccc2)ccc2c1[C@@]13CCN(C(=O)OC(C)Cl)[C@@H](C2)[C@]1(OC)CCC(=O)C3. The van der Waals surface area contributed by atoms with E-state index in [1.165, 1.54) is 0 Å². The number of ether oxygens (including phenoxy) is 4. The Morgan fingerprint density at radius 1 is 1.15 bits per heavy atom. The fraction of sp³-hybridized carbons (Fsp3) is 0.548. The Hall–Kier alpha value is -2.77. The number of hydrogen-bond donors (Lipinski definition) is 0.